The fourth-order valence-corrected chi connectivity index (χ4v) is 2.05. The summed E-state index contributed by atoms with van der Waals surface area (Å²) in [6, 6.07) is 6.29. The molecule has 24 heavy (non-hydrogen) atoms. The standard InChI is InChI=1S/C14H9F3N4O3/c15-14(16,17)12-19-11(20-24-12)9-3-1-8(2-4-9)7-10-18-5-6-21(10)13(22)23/h1-6H,7H2,(H,22,23). The Balaban J connectivity index is 1.79. The zero-order valence-corrected chi connectivity index (χ0v) is 11.9. The molecule has 1 aromatic carbocycles. The molecule has 0 bridgehead atoms. The molecular formula is C14H9F3N4O3. The molecule has 2 aromatic heterocycles. The molecule has 0 aliphatic carbocycles. The molecule has 3 aromatic rings. The summed E-state index contributed by atoms with van der Waals surface area (Å²) in [6.07, 6.45) is -2.90. The second-order valence-corrected chi connectivity index (χ2v) is 4.79. The maximum absolute atomic E-state index is 12.4. The van der Waals surface area contributed by atoms with Crippen LogP contribution in [-0.2, 0) is 12.6 Å². The molecule has 0 saturated heterocycles. The number of imidazole rings is 1. The minimum atomic E-state index is -4.70. The van der Waals surface area contributed by atoms with E-state index in [-0.39, 0.29) is 12.2 Å². The van der Waals surface area contributed by atoms with Crippen LogP contribution in [0.4, 0.5) is 18.0 Å². The molecular weight excluding hydrogens is 329 g/mol. The molecule has 0 spiro atoms. The van der Waals surface area contributed by atoms with Crippen LogP contribution in [0.3, 0.4) is 0 Å². The van der Waals surface area contributed by atoms with E-state index in [4.69, 9.17) is 5.11 Å². The van der Waals surface area contributed by atoms with E-state index in [2.05, 4.69) is 19.6 Å². The van der Waals surface area contributed by atoms with Crippen molar-refractivity contribution in [2.75, 3.05) is 0 Å². The largest absolute Gasteiger partial charge is 0.471 e. The third kappa shape index (κ3) is 3.12. The normalized spacial score (nSPS) is 11.6. The highest BCUT2D eigenvalue weighted by atomic mass is 19.4. The van der Waals surface area contributed by atoms with Crippen molar-refractivity contribution in [3.63, 3.8) is 0 Å². The predicted octanol–water partition coefficient (Wildman–Crippen LogP) is 3.07. The summed E-state index contributed by atoms with van der Waals surface area (Å²) in [6.45, 7) is 0. The van der Waals surface area contributed by atoms with E-state index < -0.39 is 18.2 Å². The van der Waals surface area contributed by atoms with Crippen LogP contribution in [0.15, 0.2) is 41.2 Å². The maximum Gasteiger partial charge on any atom is 0.471 e. The lowest BCUT2D eigenvalue weighted by Gasteiger charge is -2.03. The van der Waals surface area contributed by atoms with Crippen molar-refractivity contribution in [3.8, 4) is 11.4 Å². The first-order valence-electron chi connectivity index (χ1n) is 6.60. The Morgan fingerprint density at radius 2 is 1.96 bits per heavy atom. The topological polar surface area (TPSA) is 94.0 Å². The summed E-state index contributed by atoms with van der Waals surface area (Å²) in [5.74, 6) is -1.26. The van der Waals surface area contributed by atoms with E-state index in [9.17, 15) is 18.0 Å². The molecule has 0 amide bonds. The molecule has 0 aliphatic rings. The van der Waals surface area contributed by atoms with Crippen molar-refractivity contribution in [3.05, 3.63) is 53.9 Å². The Bertz CT molecular complexity index is 868. The van der Waals surface area contributed by atoms with Crippen molar-refractivity contribution >= 4 is 6.09 Å². The van der Waals surface area contributed by atoms with Crippen LogP contribution in [0.25, 0.3) is 11.4 Å². The van der Waals surface area contributed by atoms with Gasteiger partial charge in [0.05, 0.1) is 0 Å². The number of hydrogen-bond donors (Lipinski definition) is 1. The molecule has 0 fully saturated rings. The van der Waals surface area contributed by atoms with Crippen molar-refractivity contribution in [1.29, 1.82) is 0 Å². The van der Waals surface area contributed by atoms with Gasteiger partial charge in [-0.05, 0) is 5.56 Å². The molecule has 3 rings (SSSR count). The first-order chi connectivity index (χ1) is 11.3. The van der Waals surface area contributed by atoms with E-state index in [1.807, 2.05) is 0 Å². The summed E-state index contributed by atoms with van der Waals surface area (Å²) in [7, 11) is 0. The van der Waals surface area contributed by atoms with E-state index in [0.29, 0.717) is 11.4 Å². The average Bonchev–Trinajstić information content (AvgIpc) is 3.16. The Kier molecular flexibility index (Phi) is 3.80. The lowest BCUT2D eigenvalue weighted by molar-refractivity contribution is -0.159. The van der Waals surface area contributed by atoms with Crippen molar-refractivity contribution in [1.82, 2.24) is 19.7 Å². The summed E-state index contributed by atoms with van der Waals surface area (Å²) in [4.78, 5) is 18.3. The van der Waals surface area contributed by atoms with Crippen LogP contribution in [-0.4, -0.2) is 30.9 Å². The number of hydrogen-bond acceptors (Lipinski definition) is 5. The van der Waals surface area contributed by atoms with Gasteiger partial charge in [-0.15, -0.1) is 0 Å². The minimum absolute atomic E-state index is 0.180. The van der Waals surface area contributed by atoms with Crippen LogP contribution < -0.4 is 0 Å². The van der Waals surface area contributed by atoms with Gasteiger partial charge >= 0.3 is 18.2 Å². The number of alkyl halides is 3. The number of rotatable bonds is 3. The second-order valence-electron chi connectivity index (χ2n) is 4.79. The molecule has 0 aliphatic heterocycles. The molecule has 2 heterocycles. The predicted molar refractivity (Wildman–Crippen MR) is 73.2 cm³/mol. The zero-order valence-electron chi connectivity index (χ0n) is 11.9. The number of carboxylic acid groups (broad SMARTS) is 1. The molecule has 7 nitrogen and oxygen atoms in total. The van der Waals surface area contributed by atoms with Gasteiger partial charge in [-0.1, -0.05) is 29.4 Å². The number of aromatic nitrogens is 4. The van der Waals surface area contributed by atoms with E-state index in [0.717, 1.165) is 10.1 Å². The van der Waals surface area contributed by atoms with Crippen molar-refractivity contribution < 1.29 is 27.6 Å². The highest BCUT2D eigenvalue weighted by Crippen LogP contribution is 2.29. The fraction of sp³-hybridized carbons (Fsp3) is 0.143. The lowest BCUT2D eigenvalue weighted by Crippen LogP contribution is -2.11. The fourth-order valence-electron chi connectivity index (χ4n) is 2.05. The van der Waals surface area contributed by atoms with Crippen LogP contribution >= 0.6 is 0 Å². The van der Waals surface area contributed by atoms with Gasteiger partial charge in [0.25, 0.3) is 0 Å². The van der Waals surface area contributed by atoms with Crippen LogP contribution in [0, 0.1) is 0 Å². The van der Waals surface area contributed by atoms with Gasteiger partial charge in [0.2, 0.25) is 5.82 Å². The molecule has 0 radical (unpaired) electrons. The Morgan fingerprint density at radius 3 is 2.54 bits per heavy atom. The van der Waals surface area contributed by atoms with Gasteiger partial charge in [-0.25, -0.2) is 14.3 Å². The number of nitrogens with zero attached hydrogens (tertiary/aromatic N) is 4. The quantitative estimate of drug-likeness (QED) is 0.789. The van der Waals surface area contributed by atoms with Crippen LogP contribution in [0.5, 0.6) is 0 Å². The van der Waals surface area contributed by atoms with Gasteiger partial charge in [-0.3, -0.25) is 0 Å². The Morgan fingerprint density at radius 1 is 1.25 bits per heavy atom. The Hall–Kier alpha value is -3.17. The highest BCUT2D eigenvalue weighted by molar-refractivity contribution is 5.68. The molecule has 124 valence electrons. The summed E-state index contributed by atoms with van der Waals surface area (Å²) in [5, 5.41) is 12.3. The van der Waals surface area contributed by atoms with Crippen molar-refractivity contribution in [2.45, 2.75) is 12.6 Å². The minimum Gasteiger partial charge on any atom is -0.464 e. The van der Waals surface area contributed by atoms with E-state index in [1.165, 1.54) is 24.5 Å². The van der Waals surface area contributed by atoms with E-state index >= 15 is 0 Å². The molecule has 0 saturated carbocycles. The smallest absolute Gasteiger partial charge is 0.464 e. The first-order valence-corrected chi connectivity index (χ1v) is 6.60. The number of carbonyl (C=O) groups is 1. The van der Waals surface area contributed by atoms with E-state index in [1.54, 1.807) is 12.1 Å². The summed E-state index contributed by atoms with van der Waals surface area (Å²) in [5.41, 5.74) is 1.08. The number of halogens is 3. The first kappa shape index (κ1) is 15.7. The van der Waals surface area contributed by atoms with Gasteiger partial charge in [-0.2, -0.15) is 18.2 Å². The summed E-state index contributed by atoms with van der Waals surface area (Å²) < 4.78 is 42.5. The molecule has 1 N–H and O–H groups in total. The average molecular weight is 338 g/mol. The molecule has 0 unspecified atom stereocenters. The molecule has 0 atom stereocenters. The lowest BCUT2D eigenvalue weighted by atomic mass is 10.1. The number of benzene rings is 1. The monoisotopic (exact) mass is 338 g/mol. The summed E-state index contributed by atoms with van der Waals surface area (Å²) >= 11 is 0. The van der Waals surface area contributed by atoms with Gasteiger partial charge in [0.15, 0.2) is 0 Å². The second kappa shape index (κ2) is 5.80. The SMILES string of the molecule is O=C(O)n1ccnc1Cc1ccc(-c2noc(C(F)(F)F)n2)cc1. The van der Waals surface area contributed by atoms with Gasteiger partial charge < -0.3 is 9.63 Å². The van der Waals surface area contributed by atoms with Crippen molar-refractivity contribution in [2.24, 2.45) is 0 Å². The maximum atomic E-state index is 12.4. The van der Waals surface area contributed by atoms with Gasteiger partial charge in [0.1, 0.15) is 5.82 Å². The third-order valence-electron chi connectivity index (χ3n) is 3.17. The third-order valence-corrected chi connectivity index (χ3v) is 3.17. The van der Waals surface area contributed by atoms with Gasteiger partial charge in [0, 0.05) is 24.4 Å². The van der Waals surface area contributed by atoms with Crippen LogP contribution in [0.1, 0.15) is 17.3 Å². The molecule has 10 heteroatoms. The highest BCUT2D eigenvalue weighted by Gasteiger charge is 2.38. The zero-order chi connectivity index (χ0) is 17.3. The Labute approximate surface area is 132 Å². The van der Waals surface area contributed by atoms with Crippen LogP contribution in [0.2, 0.25) is 0 Å².